The van der Waals surface area contributed by atoms with Gasteiger partial charge in [-0.3, -0.25) is 4.79 Å². The van der Waals surface area contributed by atoms with Crippen molar-refractivity contribution in [3.05, 3.63) is 17.8 Å². The Hall–Kier alpha value is -2.05. The summed E-state index contributed by atoms with van der Waals surface area (Å²) in [7, 11) is 0. The summed E-state index contributed by atoms with van der Waals surface area (Å²) in [5, 5.41) is 11.7. The van der Waals surface area contributed by atoms with Gasteiger partial charge in [0.1, 0.15) is 11.8 Å². The molecule has 0 aromatic carbocycles. The Morgan fingerprint density at radius 3 is 3.00 bits per heavy atom. The van der Waals surface area contributed by atoms with Crippen LogP contribution in [0.2, 0.25) is 0 Å². The van der Waals surface area contributed by atoms with E-state index >= 15 is 0 Å². The van der Waals surface area contributed by atoms with E-state index in [1.165, 1.54) is 0 Å². The average Bonchev–Trinajstić information content (AvgIpc) is 2.85. The highest BCUT2D eigenvalue weighted by Gasteiger charge is 2.26. The summed E-state index contributed by atoms with van der Waals surface area (Å²) in [6.07, 6.45) is 3.41. The number of carboxylic acid groups (broad SMARTS) is 1. The standard InChI is InChI=1S/C14H21N3O4/c1-9-7-15-13(21-9)10(2)16-14(20)17-5-3-4-11(8-17)6-12(18)19/h7,10-11H,3-6,8H2,1-2H3,(H,16,20)(H,18,19). The van der Waals surface area contributed by atoms with Crippen LogP contribution in [-0.2, 0) is 4.79 Å². The molecule has 7 heteroatoms. The van der Waals surface area contributed by atoms with Gasteiger partial charge in [-0.25, -0.2) is 9.78 Å². The second-order valence-corrected chi connectivity index (χ2v) is 5.53. The molecule has 1 saturated heterocycles. The number of carbonyl (C=O) groups excluding carboxylic acids is 1. The molecule has 21 heavy (non-hydrogen) atoms. The number of aryl methyl sites for hydroxylation is 1. The molecule has 2 unspecified atom stereocenters. The third-order valence-corrected chi connectivity index (χ3v) is 3.62. The van der Waals surface area contributed by atoms with Crippen molar-refractivity contribution in [1.29, 1.82) is 0 Å². The zero-order valence-electron chi connectivity index (χ0n) is 12.3. The van der Waals surface area contributed by atoms with Crippen LogP contribution in [0.25, 0.3) is 0 Å². The lowest BCUT2D eigenvalue weighted by molar-refractivity contribution is -0.138. The minimum Gasteiger partial charge on any atom is -0.481 e. The van der Waals surface area contributed by atoms with E-state index in [1.807, 2.05) is 6.92 Å². The molecule has 0 bridgehead atoms. The van der Waals surface area contributed by atoms with Crippen LogP contribution in [0.15, 0.2) is 10.6 Å². The van der Waals surface area contributed by atoms with E-state index < -0.39 is 5.97 Å². The predicted octanol–water partition coefficient (Wildman–Crippen LogP) is 1.94. The second kappa shape index (κ2) is 6.60. The number of oxazole rings is 1. The number of hydrogen-bond acceptors (Lipinski definition) is 4. The van der Waals surface area contributed by atoms with Gasteiger partial charge in [0.25, 0.3) is 0 Å². The number of urea groups is 1. The van der Waals surface area contributed by atoms with Crippen LogP contribution in [0.1, 0.15) is 43.9 Å². The molecule has 0 aliphatic carbocycles. The number of aromatic nitrogens is 1. The fourth-order valence-electron chi connectivity index (χ4n) is 2.57. The van der Waals surface area contributed by atoms with E-state index in [-0.39, 0.29) is 24.4 Å². The lowest BCUT2D eigenvalue weighted by Crippen LogP contribution is -2.46. The number of rotatable bonds is 4. The average molecular weight is 295 g/mol. The number of amides is 2. The summed E-state index contributed by atoms with van der Waals surface area (Å²) < 4.78 is 5.39. The molecular weight excluding hydrogens is 274 g/mol. The third kappa shape index (κ3) is 4.21. The van der Waals surface area contributed by atoms with Gasteiger partial charge in [-0.2, -0.15) is 0 Å². The lowest BCUT2D eigenvalue weighted by Gasteiger charge is -2.32. The zero-order chi connectivity index (χ0) is 15.4. The maximum absolute atomic E-state index is 12.2. The molecule has 2 rings (SSSR count). The van der Waals surface area contributed by atoms with Crippen LogP contribution >= 0.6 is 0 Å². The molecule has 0 spiro atoms. The van der Waals surface area contributed by atoms with Gasteiger partial charge in [0, 0.05) is 19.5 Å². The van der Waals surface area contributed by atoms with Crippen LogP contribution < -0.4 is 5.32 Å². The minimum atomic E-state index is -0.814. The molecular formula is C14H21N3O4. The van der Waals surface area contributed by atoms with Crippen LogP contribution in [0.5, 0.6) is 0 Å². The van der Waals surface area contributed by atoms with Gasteiger partial charge in [0.2, 0.25) is 5.89 Å². The van der Waals surface area contributed by atoms with E-state index in [9.17, 15) is 9.59 Å². The smallest absolute Gasteiger partial charge is 0.318 e. The first-order valence-electron chi connectivity index (χ1n) is 7.15. The predicted molar refractivity (Wildman–Crippen MR) is 74.7 cm³/mol. The van der Waals surface area contributed by atoms with Crippen molar-refractivity contribution in [1.82, 2.24) is 15.2 Å². The Morgan fingerprint density at radius 1 is 1.62 bits per heavy atom. The number of carbonyl (C=O) groups is 2. The van der Waals surface area contributed by atoms with Gasteiger partial charge in [-0.05, 0) is 32.6 Å². The molecule has 1 aliphatic rings. The summed E-state index contributed by atoms with van der Waals surface area (Å²) in [5.74, 6) is 0.387. The highest BCUT2D eigenvalue weighted by molar-refractivity contribution is 5.75. The topological polar surface area (TPSA) is 95.7 Å². The first-order valence-corrected chi connectivity index (χ1v) is 7.15. The molecule has 0 radical (unpaired) electrons. The van der Waals surface area contributed by atoms with Gasteiger partial charge in [-0.1, -0.05) is 0 Å². The van der Waals surface area contributed by atoms with E-state index in [0.717, 1.165) is 12.8 Å². The molecule has 2 atom stereocenters. The van der Waals surface area contributed by atoms with Crippen molar-refractivity contribution in [3.63, 3.8) is 0 Å². The number of aliphatic carboxylic acids is 1. The number of hydrogen-bond donors (Lipinski definition) is 2. The molecule has 1 aromatic rings. The molecule has 2 N–H and O–H groups in total. The highest BCUT2D eigenvalue weighted by atomic mass is 16.4. The monoisotopic (exact) mass is 295 g/mol. The van der Waals surface area contributed by atoms with Crippen molar-refractivity contribution in [2.75, 3.05) is 13.1 Å². The van der Waals surface area contributed by atoms with Gasteiger partial charge in [0.15, 0.2) is 0 Å². The van der Waals surface area contributed by atoms with Crippen LogP contribution in [0.3, 0.4) is 0 Å². The van der Waals surface area contributed by atoms with E-state index in [1.54, 1.807) is 18.0 Å². The normalized spacial score (nSPS) is 20.1. The molecule has 1 fully saturated rings. The quantitative estimate of drug-likeness (QED) is 0.885. The summed E-state index contributed by atoms with van der Waals surface area (Å²) >= 11 is 0. The summed E-state index contributed by atoms with van der Waals surface area (Å²) in [6, 6.07) is -0.514. The van der Waals surface area contributed by atoms with Crippen molar-refractivity contribution in [2.45, 2.75) is 39.2 Å². The van der Waals surface area contributed by atoms with Crippen molar-refractivity contribution in [3.8, 4) is 0 Å². The Morgan fingerprint density at radius 2 is 2.38 bits per heavy atom. The number of likely N-dealkylation sites (tertiary alicyclic amines) is 1. The first kappa shape index (κ1) is 15.3. The Kier molecular flexibility index (Phi) is 4.82. The van der Waals surface area contributed by atoms with Crippen molar-refractivity contribution in [2.24, 2.45) is 5.92 Å². The molecule has 7 nitrogen and oxygen atoms in total. The molecule has 0 saturated carbocycles. The largest absolute Gasteiger partial charge is 0.481 e. The fourth-order valence-corrected chi connectivity index (χ4v) is 2.57. The summed E-state index contributed by atoms with van der Waals surface area (Å²) in [6.45, 7) is 4.74. The summed E-state index contributed by atoms with van der Waals surface area (Å²) in [4.78, 5) is 28.7. The Balaban J connectivity index is 1.89. The van der Waals surface area contributed by atoms with Crippen molar-refractivity contribution >= 4 is 12.0 Å². The molecule has 1 aliphatic heterocycles. The number of nitrogens with zero attached hydrogens (tertiary/aromatic N) is 2. The van der Waals surface area contributed by atoms with E-state index in [0.29, 0.717) is 24.7 Å². The van der Waals surface area contributed by atoms with Gasteiger partial charge in [-0.15, -0.1) is 0 Å². The summed E-state index contributed by atoms with van der Waals surface area (Å²) in [5.41, 5.74) is 0. The molecule has 1 aromatic heterocycles. The maximum Gasteiger partial charge on any atom is 0.318 e. The number of nitrogens with one attached hydrogen (secondary N) is 1. The maximum atomic E-state index is 12.2. The fraction of sp³-hybridized carbons (Fsp3) is 0.643. The second-order valence-electron chi connectivity index (χ2n) is 5.53. The number of carboxylic acids is 1. The minimum absolute atomic E-state index is 0.0290. The number of piperidine rings is 1. The van der Waals surface area contributed by atoms with E-state index in [4.69, 9.17) is 9.52 Å². The van der Waals surface area contributed by atoms with Gasteiger partial charge in [0.05, 0.1) is 6.20 Å². The third-order valence-electron chi connectivity index (χ3n) is 3.62. The molecule has 116 valence electrons. The molecule has 2 heterocycles. The molecule has 2 amide bonds. The Bertz CT molecular complexity index is 514. The van der Waals surface area contributed by atoms with Gasteiger partial charge >= 0.3 is 12.0 Å². The SMILES string of the molecule is Cc1cnc(C(C)NC(=O)N2CCCC(CC(=O)O)C2)o1. The van der Waals surface area contributed by atoms with Crippen molar-refractivity contribution < 1.29 is 19.1 Å². The highest BCUT2D eigenvalue weighted by Crippen LogP contribution is 2.20. The van der Waals surface area contributed by atoms with Crippen LogP contribution in [0, 0.1) is 12.8 Å². The zero-order valence-corrected chi connectivity index (χ0v) is 12.3. The lowest BCUT2D eigenvalue weighted by atomic mass is 9.95. The van der Waals surface area contributed by atoms with E-state index in [2.05, 4.69) is 10.3 Å². The Labute approximate surface area is 123 Å². The van der Waals surface area contributed by atoms with Crippen LogP contribution in [0.4, 0.5) is 4.79 Å². The first-order chi connectivity index (χ1) is 9.95. The van der Waals surface area contributed by atoms with Crippen LogP contribution in [-0.4, -0.2) is 40.1 Å². The van der Waals surface area contributed by atoms with Gasteiger partial charge < -0.3 is 19.7 Å².